The van der Waals surface area contributed by atoms with E-state index in [1.165, 1.54) is 12.1 Å². The molecular weight excluding hydrogens is 317 g/mol. The number of halogens is 1. The smallest absolute Gasteiger partial charge is 0.161 e. The molecule has 0 saturated carbocycles. The molecule has 0 aromatic heterocycles. The van der Waals surface area contributed by atoms with Crippen LogP contribution in [0.25, 0.3) is 0 Å². The zero-order valence-electron chi connectivity index (χ0n) is 13.9. The predicted molar refractivity (Wildman–Crippen MR) is 97.4 cm³/mol. The Hall–Kier alpha value is -3.14. The van der Waals surface area contributed by atoms with E-state index in [0.717, 1.165) is 16.8 Å². The highest BCUT2D eigenvalue weighted by Gasteiger charge is 2.06. The van der Waals surface area contributed by atoms with Gasteiger partial charge in [-0.15, -0.1) is 0 Å². The third-order valence-corrected chi connectivity index (χ3v) is 3.61. The maximum Gasteiger partial charge on any atom is 0.161 e. The second-order valence-electron chi connectivity index (χ2n) is 5.42. The Labute approximate surface area is 146 Å². The lowest BCUT2D eigenvalue weighted by molar-refractivity contribution is 0.284. The molecule has 0 aliphatic carbocycles. The molecule has 0 spiro atoms. The molecule has 3 nitrogen and oxygen atoms in total. The first-order chi connectivity index (χ1) is 12.2. The Balaban J connectivity index is 1.71. The van der Waals surface area contributed by atoms with Gasteiger partial charge in [-0.25, -0.2) is 4.39 Å². The van der Waals surface area contributed by atoms with E-state index in [-0.39, 0.29) is 5.82 Å². The van der Waals surface area contributed by atoms with Crippen molar-refractivity contribution >= 4 is 11.9 Å². The first kappa shape index (κ1) is 16.7. The molecular formula is C21H18FNO2. The van der Waals surface area contributed by atoms with Crippen molar-refractivity contribution in [2.24, 2.45) is 4.99 Å². The lowest BCUT2D eigenvalue weighted by Gasteiger charge is -2.11. The Morgan fingerprint density at radius 2 is 1.68 bits per heavy atom. The number of hydrogen-bond acceptors (Lipinski definition) is 3. The zero-order chi connectivity index (χ0) is 17.5. The Kier molecular flexibility index (Phi) is 5.42. The minimum Gasteiger partial charge on any atom is -0.493 e. The topological polar surface area (TPSA) is 30.8 Å². The van der Waals surface area contributed by atoms with Crippen LogP contribution in [0.5, 0.6) is 11.5 Å². The minimum absolute atomic E-state index is 0.261. The van der Waals surface area contributed by atoms with Crippen LogP contribution < -0.4 is 9.47 Å². The fourth-order valence-electron chi connectivity index (χ4n) is 2.29. The molecule has 0 unspecified atom stereocenters. The summed E-state index contributed by atoms with van der Waals surface area (Å²) in [6.07, 6.45) is 1.78. The summed E-state index contributed by atoms with van der Waals surface area (Å²) in [6, 6.07) is 21.6. The van der Waals surface area contributed by atoms with Crippen molar-refractivity contribution < 1.29 is 13.9 Å². The molecule has 3 aromatic carbocycles. The van der Waals surface area contributed by atoms with Crippen LogP contribution >= 0.6 is 0 Å². The van der Waals surface area contributed by atoms with Gasteiger partial charge in [0.25, 0.3) is 0 Å². The van der Waals surface area contributed by atoms with Crippen molar-refractivity contribution in [1.82, 2.24) is 0 Å². The van der Waals surface area contributed by atoms with Crippen molar-refractivity contribution in [1.29, 1.82) is 0 Å². The number of aliphatic imine (C=N–C) groups is 1. The predicted octanol–water partition coefficient (Wildman–Crippen LogP) is 5.16. The summed E-state index contributed by atoms with van der Waals surface area (Å²) < 4.78 is 24.1. The number of hydrogen-bond donors (Lipinski definition) is 0. The van der Waals surface area contributed by atoms with Gasteiger partial charge >= 0.3 is 0 Å². The molecule has 0 bridgehead atoms. The zero-order valence-corrected chi connectivity index (χ0v) is 13.9. The summed E-state index contributed by atoms with van der Waals surface area (Å²) in [6.45, 7) is 0.341. The van der Waals surface area contributed by atoms with E-state index in [2.05, 4.69) is 4.99 Å². The first-order valence-corrected chi connectivity index (χ1v) is 7.89. The first-order valence-electron chi connectivity index (χ1n) is 7.89. The number of nitrogens with zero attached hydrogens (tertiary/aromatic N) is 1. The molecule has 0 aliphatic heterocycles. The fourth-order valence-corrected chi connectivity index (χ4v) is 2.29. The lowest BCUT2D eigenvalue weighted by Crippen LogP contribution is -1.98. The van der Waals surface area contributed by atoms with Crippen LogP contribution in [0, 0.1) is 5.82 Å². The van der Waals surface area contributed by atoms with Gasteiger partial charge in [-0.2, -0.15) is 0 Å². The van der Waals surface area contributed by atoms with Gasteiger partial charge in [-0.1, -0.05) is 30.3 Å². The van der Waals surface area contributed by atoms with Gasteiger partial charge in [-0.05, 0) is 53.6 Å². The minimum atomic E-state index is -0.261. The van der Waals surface area contributed by atoms with Gasteiger partial charge in [0.05, 0.1) is 12.8 Å². The summed E-state index contributed by atoms with van der Waals surface area (Å²) in [5.41, 5.74) is 2.69. The summed E-state index contributed by atoms with van der Waals surface area (Å²) >= 11 is 0. The van der Waals surface area contributed by atoms with E-state index in [0.29, 0.717) is 18.1 Å². The van der Waals surface area contributed by atoms with Crippen LogP contribution in [-0.2, 0) is 6.61 Å². The number of para-hydroxylation sites is 1. The standard InChI is InChI=1S/C21H18FNO2/c1-24-21-13-17(14-23-19-5-3-2-4-6-19)9-12-20(21)25-15-16-7-10-18(22)11-8-16/h2-14H,15H2,1H3. The summed E-state index contributed by atoms with van der Waals surface area (Å²) in [5.74, 6) is 0.992. The molecule has 0 N–H and O–H groups in total. The maximum absolute atomic E-state index is 12.9. The molecule has 0 atom stereocenters. The average molecular weight is 335 g/mol. The lowest BCUT2D eigenvalue weighted by atomic mass is 10.2. The number of ether oxygens (including phenoxy) is 2. The van der Waals surface area contributed by atoms with Gasteiger partial charge in [0, 0.05) is 6.21 Å². The highest BCUT2D eigenvalue weighted by atomic mass is 19.1. The molecule has 0 fully saturated rings. The summed E-state index contributed by atoms with van der Waals surface area (Å²) in [5, 5.41) is 0. The monoisotopic (exact) mass is 335 g/mol. The van der Waals surface area contributed by atoms with Crippen molar-refractivity contribution in [3.8, 4) is 11.5 Å². The molecule has 0 saturated heterocycles. The van der Waals surface area contributed by atoms with Crippen molar-refractivity contribution in [3.05, 3.63) is 89.7 Å². The molecule has 25 heavy (non-hydrogen) atoms. The van der Waals surface area contributed by atoms with Gasteiger partial charge in [0.2, 0.25) is 0 Å². The second kappa shape index (κ2) is 8.11. The fraction of sp³-hybridized carbons (Fsp3) is 0.0952. The van der Waals surface area contributed by atoms with Crippen LogP contribution in [0.1, 0.15) is 11.1 Å². The molecule has 4 heteroatoms. The van der Waals surface area contributed by atoms with Crippen LogP contribution in [-0.4, -0.2) is 13.3 Å². The van der Waals surface area contributed by atoms with Gasteiger partial charge in [-0.3, -0.25) is 4.99 Å². The van der Waals surface area contributed by atoms with Crippen LogP contribution in [0.15, 0.2) is 77.8 Å². The van der Waals surface area contributed by atoms with Crippen LogP contribution in [0.4, 0.5) is 10.1 Å². The average Bonchev–Trinajstić information content (AvgIpc) is 2.67. The molecule has 0 amide bonds. The van der Waals surface area contributed by atoms with Gasteiger partial charge in [0.1, 0.15) is 12.4 Å². The third kappa shape index (κ3) is 4.67. The van der Waals surface area contributed by atoms with E-state index in [1.807, 2.05) is 48.5 Å². The maximum atomic E-state index is 12.9. The summed E-state index contributed by atoms with van der Waals surface area (Å²) in [7, 11) is 1.60. The highest BCUT2D eigenvalue weighted by Crippen LogP contribution is 2.28. The van der Waals surface area contributed by atoms with E-state index < -0.39 is 0 Å². The molecule has 0 radical (unpaired) electrons. The number of benzene rings is 3. The molecule has 126 valence electrons. The van der Waals surface area contributed by atoms with Gasteiger partial charge < -0.3 is 9.47 Å². The third-order valence-electron chi connectivity index (χ3n) is 3.61. The normalized spacial score (nSPS) is 10.8. The van der Waals surface area contributed by atoms with E-state index >= 15 is 0 Å². The van der Waals surface area contributed by atoms with E-state index in [1.54, 1.807) is 25.5 Å². The second-order valence-corrected chi connectivity index (χ2v) is 5.42. The van der Waals surface area contributed by atoms with Crippen molar-refractivity contribution in [3.63, 3.8) is 0 Å². The van der Waals surface area contributed by atoms with Crippen LogP contribution in [0.2, 0.25) is 0 Å². The highest BCUT2D eigenvalue weighted by molar-refractivity contribution is 5.83. The van der Waals surface area contributed by atoms with Crippen molar-refractivity contribution in [2.45, 2.75) is 6.61 Å². The van der Waals surface area contributed by atoms with E-state index in [4.69, 9.17) is 9.47 Å². The Morgan fingerprint density at radius 3 is 2.40 bits per heavy atom. The van der Waals surface area contributed by atoms with Crippen molar-refractivity contribution in [2.75, 3.05) is 7.11 Å². The number of rotatable bonds is 6. The molecule has 3 rings (SSSR count). The Bertz CT molecular complexity index is 846. The quantitative estimate of drug-likeness (QED) is 0.582. The largest absolute Gasteiger partial charge is 0.493 e. The SMILES string of the molecule is COc1cc(C=Nc2ccccc2)ccc1OCc1ccc(F)cc1. The Morgan fingerprint density at radius 1 is 0.920 bits per heavy atom. The summed E-state index contributed by atoms with van der Waals surface area (Å²) in [4.78, 5) is 4.43. The van der Waals surface area contributed by atoms with Gasteiger partial charge in [0.15, 0.2) is 11.5 Å². The molecule has 0 aliphatic rings. The number of methoxy groups -OCH3 is 1. The van der Waals surface area contributed by atoms with E-state index in [9.17, 15) is 4.39 Å². The molecule has 3 aromatic rings. The van der Waals surface area contributed by atoms with Crippen LogP contribution in [0.3, 0.4) is 0 Å². The molecule has 0 heterocycles.